The van der Waals surface area contributed by atoms with Gasteiger partial charge in [-0.05, 0) is 86.0 Å². The molecule has 0 radical (unpaired) electrons. The van der Waals surface area contributed by atoms with Crippen LogP contribution in [0.5, 0.6) is 0 Å². The topological polar surface area (TPSA) is 86.8 Å². The first-order chi connectivity index (χ1) is 21.3. The molecule has 0 aliphatic carbocycles. The van der Waals surface area contributed by atoms with Gasteiger partial charge in [0, 0.05) is 34.1 Å². The minimum Gasteiger partial charge on any atom is -0.352 e. The van der Waals surface area contributed by atoms with Crippen molar-refractivity contribution in [1.82, 2.24) is 10.2 Å². The zero-order valence-corrected chi connectivity index (χ0v) is 28.2. The van der Waals surface area contributed by atoms with E-state index in [0.29, 0.717) is 26.3 Å². The molecule has 0 heterocycles. The molecule has 0 saturated carbocycles. The summed E-state index contributed by atoms with van der Waals surface area (Å²) in [5, 5.41) is 4.03. The molecule has 0 fully saturated rings. The summed E-state index contributed by atoms with van der Waals surface area (Å²) >= 11 is 18.7. The maximum absolute atomic E-state index is 14.5. The minimum atomic E-state index is -4.24. The highest BCUT2D eigenvalue weighted by molar-refractivity contribution is 7.92. The Bertz CT molecular complexity index is 1750. The van der Waals surface area contributed by atoms with Crippen LogP contribution in [0, 0.1) is 6.92 Å². The highest BCUT2D eigenvalue weighted by Crippen LogP contribution is 2.28. The van der Waals surface area contributed by atoms with Crippen molar-refractivity contribution in [3.05, 3.63) is 129 Å². The van der Waals surface area contributed by atoms with E-state index in [2.05, 4.69) is 5.32 Å². The highest BCUT2D eigenvalue weighted by atomic mass is 35.5. The third-order valence-electron chi connectivity index (χ3n) is 7.03. The lowest BCUT2D eigenvalue weighted by Gasteiger charge is -2.34. The summed E-state index contributed by atoms with van der Waals surface area (Å²) in [6.45, 7) is 4.84. The van der Waals surface area contributed by atoms with Crippen LogP contribution in [-0.4, -0.2) is 43.8 Å². The van der Waals surface area contributed by atoms with E-state index in [0.717, 1.165) is 15.4 Å². The van der Waals surface area contributed by atoms with Gasteiger partial charge in [-0.1, -0.05) is 83.3 Å². The average Bonchev–Trinajstić information content (AvgIpc) is 2.98. The summed E-state index contributed by atoms with van der Waals surface area (Å²) in [6, 6.07) is 25.6. The first kappa shape index (κ1) is 34.3. The molecule has 1 N–H and O–H groups in total. The van der Waals surface area contributed by atoms with Gasteiger partial charge in [0.05, 0.1) is 10.6 Å². The summed E-state index contributed by atoms with van der Waals surface area (Å²) < 4.78 is 29.3. The molecule has 0 aromatic heterocycles. The lowest BCUT2D eigenvalue weighted by molar-refractivity contribution is -0.140. The van der Waals surface area contributed by atoms with Gasteiger partial charge >= 0.3 is 0 Å². The Kier molecular flexibility index (Phi) is 11.6. The van der Waals surface area contributed by atoms with Crippen LogP contribution in [-0.2, 0) is 32.6 Å². The average molecular weight is 687 g/mol. The maximum atomic E-state index is 14.5. The van der Waals surface area contributed by atoms with E-state index in [9.17, 15) is 18.0 Å². The smallest absolute Gasteiger partial charge is 0.264 e. The van der Waals surface area contributed by atoms with Crippen molar-refractivity contribution in [1.29, 1.82) is 0 Å². The molecule has 0 aliphatic heterocycles. The van der Waals surface area contributed by atoms with Gasteiger partial charge in [-0.25, -0.2) is 8.42 Å². The second-order valence-corrected chi connectivity index (χ2v) is 14.1. The van der Waals surface area contributed by atoms with Crippen LogP contribution in [0.3, 0.4) is 0 Å². The van der Waals surface area contributed by atoms with Crippen molar-refractivity contribution >= 4 is 62.3 Å². The number of halogens is 3. The van der Waals surface area contributed by atoms with E-state index < -0.39 is 28.5 Å². The molecule has 2 amide bonds. The van der Waals surface area contributed by atoms with Gasteiger partial charge in [0.1, 0.15) is 12.6 Å². The summed E-state index contributed by atoms with van der Waals surface area (Å²) in [7, 11) is -4.24. The number of sulfonamides is 1. The number of nitrogens with zero attached hydrogens (tertiary/aromatic N) is 2. The highest BCUT2D eigenvalue weighted by Gasteiger charge is 2.35. The predicted octanol–water partition coefficient (Wildman–Crippen LogP) is 7.32. The summed E-state index contributed by atoms with van der Waals surface area (Å²) in [4.78, 5) is 29.6. The number of aryl methyl sites for hydroxylation is 1. The Morgan fingerprint density at radius 3 is 2.11 bits per heavy atom. The number of carbonyl (C=O) groups is 2. The molecule has 1 atom stereocenters. The number of nitrogens with one attached hydrogen (secondary N) is 1. The van der Waals surface area contributed by atoms with E-state index in [1.54, 1.807) is 36.4 Å². The fraction of sp³-hybridized carbons (Fsp3) is 0.235. The Balaban J connectivity index is 1.83. The van der Waals surface area contributed by atoms with Crippen molar-refractivity contribution in [3.8, 4) is 0 Å². The van der Waals surface area contributed by atoms with Gasteiger partial charge in [0.25, 0.3) is 10.0 Å². The fourth-order valence-electron chi connectivity index (χ4n) is 4.81. The number of rotatable bonds is 12. The number of amides is 2. The van der Waals surface area contributed by atoms with E-state index >= 15 is 0 Å². The largest absolute Gasteiger partial charge is 0.352 e. The molecule has 236 valence electrons. The summed E-state index contributed by atoms with van der Waals surface area (Å²) in [5.41, 5.74) is 2.48. The number of anilines is 1. The van der Waals surface area contributed by atoms with Crippen LogP contribution >= 0.6 is 34.8 Å². The van der Waals surface area contributed by atoms with Gasteiger partial charge in [-0.15, -0.1) is 0 Å². The molecule has 0 unspecified atom stereocenters. The molecular weight excluding hydrogens is 653 g/mol. The quantitative estimate of drug-likeness (QED) is 0.169. The van der Waals surface area contributed by atoms with E-state index in [-0.39, 0.29) is 29.8 Å². The van der Waals surface area contributed by atoms with E-state index in [1.165, 1.54) is 29.2 Å². The Morgan fingerprint density at radius 1 is 0.822 bits per heavy atom. The third-order valence-corrected chi connectivity index (χ3v) is 9.65. The molecule has 11 heteroatoms. The second-order valence-electron chi connectivity index (χ2n) is 10.9. The monoisotopic (exact) mass is 685 g/mol. The van der Waals surface area contributed by atoms with Crippen molar-refractivity contribution in [2.45, 2.75) is 50.7 Å². The van der Waals surface area contributed by atoms with E-state index in [4.69, 9.17) is 34.8 Å². The second kappa shape index (κ2) is 15.1. The van der Waals surface area contributed by atoms with Crippen LogP contribution < -0.4 is 9.62 Å². The van der Waals surface area contributed by atoms with Crippen molar-refractivity contribution in [2.75, 3.05) is 10.8 Å². The first-order valence-electron chi connectivity index (χ1n) is 14.3. The fourth-order valence-corrected chi connectivity index (χ4v) is 6.81. The molecule has 4 aromatic rings. The van der Waals surface area contributed by atoms with Crippen LogP contribution in [0.1, 0.15) is 30.5 Å². The van der Waals surface area contributed by atoms with Gasteiger partial charge in [-0.2, -0.15) is 0 Å². The normalized spacial score (nSPS) is 12.1. The molecule has 0 aliphatic rings. The van der Waals surface area contributed by atoms with Crippen LogP contribution in [0.4, 0.5) is 5.69 Å². The zero-order valence-electron chi connectivity index (χ0n) is 25.1. The zero-order chi connectivity index (χ0) is 32.7. The molecule has 7 nitrogen and oxygen atoms in total. The molecule has 0 spiro atoms. The molecule has 4 aromatic carbocycles. The molecule has 45 heavy (non-hydrogen) atoms. The summed E-state index contributed by atoms with van der Waals surface area (Å²) in [6.07, 6.45) is 0.185. The lowest BCUT2D eigenvalue weighted by atomic mass is 10.0. The minimum absolute atomic E-state index is 0.0353. The maximum Gasteiger partial charge on any atom is 0.264 e. The number of benzene rings is 4. The number of hydrogen-bond acceptors (Lipinski definition) is 4. The number of carbonyl (C=O) groups excluding carboxylic acids is 2. The first-order valence-corrected chi connectivity index (χ1v) is 16.8. The molecule has 0 saturated heterocycles. The Morgan fingerprint density at radius 2 is 1.49 bits per heavy atom. The van der Waals surface area contributed by atoms with Gasteiger partial charge in [-0.3, -0.25) is 13.9 Å². The lowest BCUT2D eigenvalue weighted by Crippen LogP contribution is -2.54. The van der Waals surface area contributed by atoms with Gasteiger partial charge in [0.2, 0.25) is 11.8 Å². The Labute approximate surface area is 279 Å². The third kappa shape index (κ3) is 9.01. The predicted molar refractivity (Wildman–Crippen MR) is 181 cm³/mol. The van der Waals surface area contributed by atoms with Crippen molar-refractivity contribution in [3.63, 3.8) is 0 Å². The van der Waals surface area contributed by atoms with Crippen LogP contribution in [0.25, 0.3) is 0 Å². The van der Waals surface area contributed by atoms with Gasteiger partial charge < -0.3 is 10.2 Å². The van der Waals surface area contributed by atoms with Crippen molar-refractivity contribution < 1.29 is 18.0 Å². The number of hydrogen-bond donors (Lipinski definition) is 1. The molecular formula is C34H34Cl3N3O4S. The van der Waals surface area contributed by atoms with Crippen molar-refractivity contribution in [2.24, 2.45) is 0 Å². The van der Waals surface area contributed by atoms with Gasteiger partial charge in [0.15, 0.2) is 0 Å². The van der Waals surface area contributed by atoms with Crippen LogP contribution in [0.2, 0.25) is 15.1 Å². The molecule has 0 bridgehead atoms. The SMILES string of the molecule is Cc1cccc(N(CC(=O)N(Cc2ccc(Cl)cc2Cl)[C@H](Cc2ccccc2)C(=O)NC(C)C)S(=O)(=O)c2ccc(Cl)cc2)c1. The van der Waals surface area contributed by atoms with E-state index in [1.807, 2.05) is 57.2 Å². The molecule has 4 rings (SSSR count). The summed E-state index contributed by atoms with van der Waals surface area (Å²) in [5.74, 6) is -0.977. The Hall–Kier alpha value is -3.56. The standard InChI is InChI=1S/C34H34Cl3N3O4S/c1-23(2)38-34(42)32(19-25-9-5-4-6-10-25)39(21-26-12-13-28(36)20-31(26)37)33(41)22-40(29-11-7-8-24(3)18-29)45(43,44)30-16-14-27(35)15-17-30/h4-18,20,23,32H,19,21-22H2,1-3H3,(H,38,42)/t32-/m1/s1. The van der Waals surface area contributed by atoms with Crippen LogP contribution in [0.15, 0.2) is 102 Å².